The second kappa shape index (κ2) is 9.09. The summed E-state index contributed by atoms with van der Waals surface area (Å²) in [5.74, 6) is -0.109. The summed E-state index contributed by atoms with van der Waals surface area (Å²) in [6.45, 7) is 2.00. The Hall–Kier alpha value is -2.53. The number of carbonyl (C=O) groups excluding carboxylic acids is 1. The van der Waals surface area contributed by atoms with E-state index in [2.05, 4.69) is 0 Å². The third-order valence-corrected chi connectivity index (χ3v) is 6.57. The van der Waals surface area contributed by atoms with Crippen LogP contribution in [-0.4, -0.2) is 16.0 Å². The highest BCUT2D eigenvalue weighted by molar-refractivity contribution is 8.18. The Morgan fingerprint density at radius 1 is 0.933 bits per heavy atom. The predicted octanol–water partition coefficient (Wildman–Crippen LogP) is 7.36. The Morgan fingerprint density at radius 3 is 2.30 bits per heavy atom. The van der Waals surface area contributed by atoms with E-state index in [1.807, 2.05) is 79.7 Å². The summed E-state index contributed by atoms with van der Waals surface area (Å²) in [6, 6.07) is 24.7. The van der Waals surface area contributed by atoms with E-state index >= 15 is 0 Å². The minimum Gasteiger partial charge on any atom is -0.279 e. The Morgan fingerprint density at radius 2 is 1.60 bits per heavy atom. The van der Waals surface area contributed by atoms with Crippen LogP contribution in [0.4, 0.5) is 5.69 Å². The number of amides is 1. The summed E-state index contributed by atoms with van der Waals surface area (Å²) >= 11 is 13.8. The Balaban J connectivity index is 1.77. The van der Waals surface area contributed by atoms with Crippen molar-refractivity contribution < 1.29 is 4.79 Å². The lowest BCUT2D eigenvalue weighted by Gasteiger charge is -2.24. The first-order chi connectivity index (χ1) is 14.5. The second-order valence-corrected chi connectivity index (χ2v) is 8.54. The van der Waals surface area contributed by atoms with Crippen LogP contribution >= 0.6 is 35.0 Å². The highest BCUT2D eigenvalue weighted by atomic mass is 35.5. The number of rotatable bonds is 4. The summed E-state index contributed by atoms with van der Waals surface area (Å²) in [4.78, 5) is 20.4. The van der Waals surface area contributed by atoms with E-state index in [0.717, 1.165) is 11.3 Å². The van der Waals surface area contributed by atoms with Gasteiger partial charge in [0.2, 0.25) is 0 Å². The molecule has 30 heavy (non-hydrogen) atoms. The molecule has 1 heterocycles. The molecule has 1 fully saturated rings. The van der Waals surface area contributed by atoms with Crippen molar-refractivity contribution >= 4 is 57.8 Å². The summed E-state index contributed by atoms with van der Waals surface area (Å²) in [5, 5.41) is 1.51. The van der Waals surface area contributed by atoms with Gasteiger partial charge in [0.15, 0.2) is 5.17 Å². The summed E-state index contributed by atoms with van der Waals surface area (Å²) in [5.41, 5.74) is 2.53. The fraction of sp³-hybridized carbons (Fsp3) is 0.0833. The highest BCUT2D eigenvalue weighted by Crippen LogP contribution is 2.40. The largest absolute Gasteiger partial charge is 0.279 e. The first-order valence-electron chi connectivity index (χ1n) is 9.40. The molecular formula is C24H18Cl2N2OS. The van der Waals surface area contributed by atoms with Gasteiger partial charge in [-0.3, -0.25) is 9.69 Å². The van der Waals surface area contributed by atoms with Crippen LogP contribution in [0.3, 0.4) is 0 Å². The van der Waals surface area contributed by atoms with Crippen LogP contribution in [0.25, 0.3) is 6.08 Å². The van der Waals surface area contributed by atoms with Gasteiger partial charge in [-0.1, -0.05) is 83.9 Å². The SMILES string of the molecule is C[C@H](c1ccccc1)N1C(=O)/C(=C\c2cccc(Cl)c2Cl)SC1=Nc1ccccc1. The molecule has 4 rings (SSSR count). The molecule has 0 spiro atoms. The fourth-order valence-electron chi connectivity index (χ4n) is 3.17. The van der Waals surface area contributed by atoms with Gasteiger partial charge in [0, 0.05) is 0 Å². The molecule has 1 atom stereocenters. The number of benzene rings is 3. The zero-order chi connectivity index (χ0) is 21.1. The van der Waals surface area contributed by atoms with Crippen LogP contribution < -0.4 is 0 Å². The zero-order valence-electron chi connectivity index (χ0n) is 16.1. The van der Waals surface area contributed by atoms with Crippen molar-refractivity contribution in [3.8, 4) is 0 Å². The third kappa shape index (κ3) is 4.31. The Bertz CT molecular complexity index is 1130. The lowest BCUT2D eigenvalue weighted by atomic mass is 10.1. The van der Waals surface area contributed by atoms with E-state index in [-0.39, 0.29) is 11.9 Å². The molecule has 1 aliphatic rings. The molecule has 0 unspecified atom stereocenters. The van der Waals surface area contributed by atoms with E-state index in [1.54, 1.807) is 17.0 Å². The maximum Gasteiger partial charge on any atom is 0.267 e. The predicted molar refractivity (Wildman–Crippen MR) is 127 cm³/mol. The maximum absolute atomic E-state index is 13.4. The molecule has 0 N–H and O–H groups in total. The van der Waals surface area contributed by atoms with Crippen LogP contribution in [0.5, 0.6) is 0 Å². The molecule has 6 heteroatoms. The average Bonchev–Trinajstić information content (AvgIpc) is 3.07. The molecule has 0 aliphatic carbocycles. The third-order valence-electron chi connectivity index (χ3n) is 4.76. The van der Waals surface area contributed by atoms with Gasteiger partial charge in [0.25, 0.3) is 5.91 Å². The number of halogens is 2. The number of hydrogen-bond acceptors (Lipinski definition) is 3. The van der Waals surface area contributed by atoms with Crippen LogP contribution in [0.1, 0.15) is 24.1 Å². The van der Waals surface area contributed by atoms with Crippen molar-refractivity contribution in [3.05, 3.63) is 105 Å². The summed E-state index contributed by atoms with van der Waals surface area (Å²) in [7, 11) is 0. The lowest BCUT2D eigenvalue weighted by Crippen LogP contribution is -2.32. The molecule has 3 aromatic rings. The average molecular weight is 453 g/mol. The van der Waals surface area contributed by atoms with E-state index in [0.29, 0.717) is 25.7 Å². The van der Waals surface area contributed by atoms with Crippen LogP contribution in [0, 0.1) is 0 Å². The van der Waals surface area contributed by atoms with E-state index in [9.17, 15) is 4.79 Å². The van der Waals surface area contributed by atoms with Gasteiger partial charge in [-0.15, -0.1) is 0 Å². The van der Waals surface area contributed by atoms with E-state index in [1.165, 1.54) is 11.8 Å². The zero-order valence-corrected chi connectivity index (χ0v) is 18.5. The molecule has 3 aromatic carbocycles. The van der Waals surface area contributed by atoms with E-state index in [4.69, 9.17) is 28.2 Å². The van der Waals surface area contributed by atoms with Crippen LogP contribution in [0.15, 0.2) is 88.8 Å². The topological polar surface area (TPSA) is 32.7 Å². The molecule has 0 bridgehead atoms. The van der Waals surface area contributed by atoms with Crippen molar-refractivity contribution in [2.75, 3.05) is 0 Å². The molecular weight excluding hydrogens is 435 g/mol. The van der Waals surface area contributed by atoms with Gasteiger partial charge in [0.05, 0.1) is 26.7 Å². The van der Waals surface area contributed by atoms with Crippen LogP contribution in [-0.2, 0) is 4.79 Å². The molecule has 3 nitrogen and oxygen atoms in total. The minimum atomic E-state index is -0.172. The normalized spacial score (nSPS) is 17.7. The van der Waals surface area contributed by atoms with Crippen LogP contribution in [0.2, 0.25) is 10.0 Å². The Kier molecular flexibility index (Phi) is 6.28. The second-order valence-electron chi connectivity index (χ2n) is 6.75. The smallest absolute Gasteiger partial charge is 0.267 e. The molecule has 1 aliphatic heterocycles. The number of thioether (sulfide) groups is 1. The first-order valence-corrected chi connectivity index (χ1v) is 11.0. The number of hydrogen-bond donors (Lipinski definition) is 0. The number of amidine groups is 1. The number of aliphatic imine (C=N–C) groups is 1. The maximum atomic E-state index is 13.4. The highest BCUT2D eigenvalue weighted by Gasteiger charge is 2.37. The van der Waals surface area contributed by atoms with Crippen molar-refractivity contribution in [3.63, 3.8) is 0 Å². The Labute approximate surface area is 190 Å². The van der Waals surface area contributed by atoms with Crippen molar-refractivity contribution in [2.45, 2.75) is 13.0 Å². The fourth-order valence-corrected chi connectivity index (χ4v) is 4.59. The van der Waals surface area contributed by atoms with Gasteiger partial charge in [0.1, 0.15) is 0 Å². The molecule has 0 saturated carbocycles. The van der Waals surface area contributed by atoms with Gasteiger partial charge in [-0.25, -0.2) is 4.99 Å². The number of para-hydroxylation sites is 1. The molecule has 1 saturated heterocycles. The number of nitrogens with zero attached hydrogens (tertiary/aromatic N) is 2. The molecule has 0 radical (unpaired) electrons. The summed E-state index contributed by atoms with van der Waals surface area (Å²) < 4.78 is 0. The monoisotopic (exact) mass is 452 g/mol. The van der Waals surface area contributed by atoms with Crippen molar-refractivity contribution in [2.24, 2.45) is 4.99 Å². The van der Waals surface area contributed by atoms with Gasteiger partial charge < -0.3 is 0 Å². The molecule has 0 aromatic heterocycles. The van der Waals surface area contributed by atoms with Gasteiger partial charge >= 0.3 is 0 Å². The first kappa shape index (κ1) is 20.7. The van der Waals surface area contributed by atoms with Crippen molar-refractivity contribution in [1.29, 1.82) is 0 Å². The van der Waals surface area contributed by atoms with Crippen molar-refractivity contribution in [1.82, 2.24) is 4.90 Å². The standard InChI is InChI=1S/C24H18Cl2N2OS/c1-16(17-9-4-2-5-10-17)28-23(29)21(15-18-11-8-14-20(25)22(18)26)30-24(28)27-19-12-6-3-7-13-19/h2-16H,1H3/b21-15+,27-24?/t16-/m1/s1. The molecule has 1 amide bonds. The van der Waals surface area contributed by atoms with Gasteiger partial charge in [-0.05, 0) is 54.1 Å². The van der Waals surface area contributed by atoms with Gasteiger partial charge in [-0.2, -0.15) is 0 Å². The summed E-state index contributed by atoms with van der Waals surface area (Å²) in [6.07, 6.45) is 1.78. The molecule has 150 valence electrons. The number of carbonyl (C=O) groups is 1. The minimum absolute atomic E-state index is 0.109. The lowest BCUT2D eigenvalue weighted by molar-refractivity contribution is -0.123. The van der Waals surface area contributed by atoms with E-state index < -0.39 is 0 Å². The quantitative estimate of drug-likeness (QED) is 0.387.